The van der Waals surface area contributed by atoms with Crippen molar-refractivity contribution in [3.05, 3.63) is 46.9 Å². The Hall–Kier alpha value is -1.69. The van der Waals surface area contributed by atoms with Gasteiger partial charge in [-0.05, 0) is 13.0 Å². The number of nitrogens with one attached hydrogen (secondary N) is 1. The summed E-state index contributed by atoms with van der Waals surface area (Å²) in [5, 5.41) is 3.62. The quantitative estimate of drug-likeness (QED) is 0.793. The SMILES string of the molecule is CCOCc1nc(Cl)cc(Nc2ccccc2COC)n1. The summed E-state index contributed by atoms with van der Waals surface area (Å²) in [5.41, 5.74) is 1.97. The summed E-state index contributed by atoms with van der Waals surface area (Å²) in [6.07, 6.45) is 0. The Morgan fingerprint density at radius 3 is 2.76 bits per heavy atom. The molecule has 0 amide bonds. The highest BCUT2D eigenvalue weighted by molar-refractivity contribution is 6.29. The number of methoxy groups -OCH3 is 1. The minimum atomic E-state index is 0.339. The summed E-state index contributed by atoms with van der Waals surface area (Å²) in [6, 6.07) is 9.56. The van der Waals surface area contributed by atoms with Crippen LogP contribution in [0, 0.1) is 0 Å². The molecule has 0 fully saturated rings. The number of benzene rings is 1. The molecule has 2 aromatic rings. The van der Waals surface area contributed by atoms with E-state index in [0.717, 1.165) is 11.3 Å². The molecule has 1 aromatic carbocycles. The van der Waals surface area contributed by atoms with Gasteiger partial charge in [0.1, 0.15) is 17.6 Å². The molecule has 0 bridgehead atoms. The summed E-state index contributed by atoms with van der Waals surface area (Å²) in [7, 11) is 1.67. The van der Waals surface area contributed by atoms with Gasteiger partial charge in [-0.2, -0.15) is 0 Å². The maximum Gasteiger partial charge on any atom is 0.158 e. The van der Waals surface area contributed by atoms with Crippen LogP contribution in [0.25, 0.3) is 0 Å². The summed E-state index contributed by atoms with van der Waals surface area (Å²) < 4.78 is 10.5. The van der Waals surface area contributed by atoms with Crippen LogP contribution in [0.5, 0.6) is 0 Å². The van der Waals surface area contributed by atoms with E-state index in [2.05, 4.69) is 15.3 Å². The maximum atomic E-state index is 6.02. The normalized spacial score (nSPS) is 10.6. The van der Waals surface area contributed by atoms with Gasteiger partial charge in [0.2, 0.25) is 0 Å². The van der Waals surface area contributed by atoms with Gasteiger partial charge in [-0.1, -0.05) is 29.8 Å². The van der Waals surface area contributed by atoms with Crippen LogP contribution in [0.3, 0.4) is 0 Å². The summed E-state index contributed by atoms with van der Waals surface area (Å²) in [5.74, 6) is 1.18. The van der Waals surface area contributed by atoms with Crippen LogP contribution in [0.15, 0.2) is 30.3 Å². The average Bonchev–Trinajstić information content (AvgIpc) is 2.47. The zero-order chi connectivity index (χ0) is 15.1. The molecule has 0 aliphatic heterocycles. The monoisotopic (exact) mass is 307 g/mol. The Kier molecular flexibility index (Phi) is 5.92. The van der Waals surface area contributed by atoms with E-state index < -0.39 is 0 Å². The predicted octanol–water partition coefficient (Wildman–Crippen LogP) is 3.56. The topological polar surface area (TPSA) is 56.3 Å². The molecule has 0 spiro atoms. The van der Waals surface area contributed by atoms with Gasteiger partial charge in [-0.15, -0.1) is 0 Å². The second-order valence-electron chi connectivity index (χ2n) is 4.34. The van der Waals surface area contributed by atoms with Crippen LogP contribution in [-0.2, 0) is 22.7 Å². The number of ether oxygens (including phenoxy) is 2. The molecule has 1 N–H and O–H groups in total. The zero-order valence-corrected chi connectivity index (χ0v) is 12.9. The lowest BCUT2D eigenvalue weighted by Gasteiger charge is -2.12. The van der Waals surface area contributed by atoms with Gasteiger partial charge >= 0.3 is 0 Å². The molecule has 2 rings (SSSR count). The lowest BCUT2D eigenvalue weighted by atomic mass is 10.2. The molecule has 1 aromatic heterocycles. The number of nitrogens with zero attached hydrogens (tertiary/aromatic N) is 2. The molecule has 21 heavy (non-hydrogen) atoms. The van der Waals surface area contributed by atoms with Crippen molar-refractivity contribution in [2.75, 3.05) is 19.0 Å². The van der Waals surface area contributed by atoms with Crippen molar-refractivity contribution in [2.45, 2.75) is 20.1 Å². The Morgan fingerprint density at radius 2 is 2.00 bits per heavy atom. The average molecular weight is 308 g/mol. The summed E-state index contributed by atoms with van der Waals surface area (Å²) >= 11 is 6.02. The van der Waals surface area contributed by atoms with Crippen LogP contribution >= 0.6 is 11.6 Å². The highest BCUT2D eigenvalue weighted by Gasteiger charge is 2.06. The van der Waals surface area contributed by atoms with Crippen LogP contribution in [0.4, 0.5) is 11.5 Å². The molecule has 0 saturated heterocycles. The molecular formula is C15H18ClN3O2. The van der Waals surface area contributed by atoms with Crippen molar-refractivity contribution in [3.63, 3.8) is 0 Å². The van der Waals surface area contributed by atoms with Crippen LogP contribution in [0.2, 0.25) is 5.15 Å². The third-order valence-corrected chi connectivity index (χ3v) is 2.95. The Morgan fingerprint density at radius 1 is 1.19 bits per heavy atom. The molecule has 0 unspecified atom stereocenters. The number of hydrogen-bond donors (Lipinski definition) is 1. The van der Waals surface area contributed by atoms with E-state index in [-0.39, 0.29) is 0 Å². The Bertz CT molecular complexity index is 593. The first-order chi connectivity index (χ1) is 10.2. The number of para-hydroxylation sites is 1. The number of rotatable bonds is 7. The highest BCUT2D eigenvalue weighted by Crippen LogP contribution is 2.22. The lowest BCUT2D eigenvalue weighted by molar-refractivity contribution is 0.128. The first-order valence-corrected chi connectivity index (χ1v) is 7.05. The van der Waals surface area contributed by atoms with E-state index >= 15 is 0 Å². The largest absolute Gasteiger partial charge is 0.380 e. The van der Waals surface area contributed by atoms with Crippen LogP contribution < -0.4 is 5.32 Å². The molecule has 0 radical (unpaired) electrons. The minimum absolute atomic E-state index is 0.339. The first-order valence-electron chi connectivity index (χ1n) is 6.68. The molecule has 0 saturated carbocycles. The van der Waals surface area contributed by atoms with Gasteiger partial charge in [0.15, 0.2) is 5.82 Å². The van der Waals surface area contributed by atoms with Crippen molar-refractivity contribution < 1.29 is 9.47 Å². The Balaban J connectivity index is 2.21. The Labute approximate surface area is 129 Å². The fourth-order valence-corrected chi connectivity index (χ4v) is 2.05. The van der Waals surface area contributed by atoms with Crippen molar-refractivity contribution in [3.8, 4) is 0 Å². The van der Waals surface area contributed by atoms with E-state index in [0.29, 0.717) is 36.6 Å². The van der Waals surface area contributed by atoms with Crippen LogP contribution in [-0.4, -0.2) is 23.7 Å². The maximum absolute atomic E-state index is 6.02. The fourth-order valence-electron chi connectivity index (χ4n) is 1.85. The highest BCUT2D eigenvalue weighted by atomic mass is 35.5. The number of halogens is 1. The standard InChI is InChI=1S/C15H18ClN3O2/c1-3-21-10-15-18-13(16)8-14(19-15)17-12-7-5-4-6-11(12)9-20-2/h4-8H,3,9-10H2,1-2H3,(H,17,18,19). The molecule has 112 valence electrons. The van der Waals surface area contributed by atoms with Gasteiger partial charge in [-0.3, -0.25) is 0 Å². The first kappa shape index (κ1) is 15.7. The van der Waals surface area contributed by atoms with E-state index in [9.17, 15) is 0 Å². The zero-order valence-electron chi connectivity index (χ0n) is 12.1. The fraction of sp³-hybridized carbons (Fsp3) is 0.333. The summed E-state index contributed by atoms with van der Waals surface area (Å²) in [6.45, 7) is 3.39. The van der Waals surface area contributed by atoms with Crippen molar-refractivity contribution in [1.29, 1.82) is 0 Å². The van der Waals surface area contributed by atoms with Gasteiger partial charge in [0, 0.05) is 31.0 Å². The molecule has 6 heteroatoms. The van der Waals surface area contributed by atoms with Gasteiger partial charge in [-0.25, -0.2) is 9.97 Å². The second kappa shape index (κ2) is 7.93. The predicted molar refractivity (Wildman–Crippen MR) is 82.8 cm³/mol. The van der Waals surface area contributed by atoms with Gasteiger partial charge < -0.3 is 14.8 Å². The third-order valence-electron chi connectivity index (χ3n) is 2.76. The van der Waals surface area contributed by atoms with E-state index in [1.54, 1.807) is 13.2 Å². The molecule has 0 atom stereocenters. The number of anilines is 2. The molecular weight excluding hydrogens is 290 g/mol. The van der Waals surface area contributed by atoms with Gasteiger partial charge in [0.05, 0.1) is 6.61 Å². The summed E-state index contributed by atoms with van der Waals surface area (Å²) in [4.78, 5) is 8.53. The van der Waals surface area contributed by atoms with E-state index in [1.165, 1.54) is 0 Å². The number of aromatic nitrogens is 2. The van der Waals surface area contributed by atoms with E-state index in [1.807, 2.05) is 31.2 Å². The molecule has 0 aliphatic carbocycles. The molecule has 0 aliphatic rings. The van der Waals surface area contributed by atoms with Crippen molar-refractivity contribution in [2.24, 2.45) is 0 Å². The second-order valence-corrected chi connectivity index (χ2v) is 4.73. The third kappa shape index (κ3) is 4.67. The smallest absolute Gasteiger partial charge is 0.158 e. The van der Waals surface area contributed by atoms with Crippen LogP contribution in [0.1, 0.15) is 18.3 Å². The van der Waals surface area contributed by atoms with Crippen molar-refractivity contribution in [1.82, 2.24) is 9.97 Å². The van der Waals surface area contributed by atoms with E-state index in [4.69, 9.17) is 21.1 Å². The van der Waals surface area contributed by atoms with Gasteiger partial charge in [0.25, 0.3) is 0 Å². The lowest BCUT2D eigenvalue weighted by Crippen LogP contribution is -2.04. The molecule has 1 heterocycles. The molecule has 5 nitrogen and oxygen atoms in total. The van der Waals surface area contributed by atoms with Crippen molar-refractivity contribution >= 4 is 23.1 Å². The number of hydrogen-bond acceptors (Lipinski definition) is 5. The minimum Gasteiger partial charge on any atom is -0.380 e.